The molecule has 1 atom stereocenters. The van der Waals surface area contributed by atoms with E-state index in [0.717, 1.165) is 0 Å². The molecule has 2 nitrogen and oxygen atoms in total. The van der Waals surface area contributed by atoms with E-state index < -0.39 is 5.71 Å². The van der Waals surface area contributed by atoms with Crippen LogP contribution in [0.5, 0.6) is 0 Å². The third kappa shape index (κ3) is 3.64. The van der Waals surface area contributed by atoms with Gasteiger partial charge in [0.15, 0.2) is 0 Å². The molecule has 0 aliphatic rings. The summed E-state index contributed by atoms with van der Waals surface area (Å²) in [5.74, 6) is 1.38. The number of rotatable bonds is 2. The van der Waals surface area contributed by atoms with E-state index >= 15 is 0 Å². The van der Waals surface area contributed by atoms with E-state index in [1.165, 1.54) is 5.82 Å². The highest BCUT2D eigenvalue weighted by atomic mass is 31.1. The minimum absolute atomic E-state index is 0.148. The lowest BCUT2D eigenvalue weighted by Gasteiger charge is -1.75. The van der Waals surface area contributed by atoms with Crippen LogP contribution in [0.3, 0.4) is 0 Å². The zero-order valence-corrected chi connectivity index (χ0v) is 4.14. The van der Waals surface area contributed by atoms with Crippen LogP contribution in [-0.2, 0) is 0 Å². The summed E-state index contributed by atoms with van der Waals surface area (Å²) in [6.07, 6.45) is 0. The highest BCUT2D eigenvalue weighted by molar-refractivity contribution is 7.59. The van der Waals surface area contributed by atoms with Crippen LogP contribution < -0.4 is 0 Å². The first-order valence-electron chi connectivity index (χ1n) is 1.37. The molecule has 0 rings (SSSR count). The van der Waals surface area contributed by atoms with Crippen LogP contribution in [0, 0.1) is 0 Å². The third-order valence-corrected chi connectivity index (χ3v) is 0.677. The van der Waals surface area contributed by atoms with Crippen molar-refractivity contribution in [1.29, 1.82) is 0 Å². The summed E-state index contributed by atoms with van der Waals surface area (Å²) in [5, 5.41) is 7.85. The molecular weight excluding hydrogens is 99.0 g/mol. The maximum Gasteiger partial charge on any atom is 0.324 e. The summed E-state index contributed by atoms with van der Waals surface area (Å²) in [6.45, 7) is 3.23. The lowest BCUT2D eigenvalue weighted by Crippen LogP contribution is -1.72. The second-order valence-electron chi connectivity index (χ2n) is 0.654. The Labute approximate surface area is 37.7 Å². The molecule has 0 radical (unpaired) electrons. The molecule has 0 aliphatic carbocycles. The Kier molecular flexibility index (Phi) is 2.68. The molecule has 0 aromatic rings. The standard InChI is InChI=1S/C3H5O2P/c1-2-6-3(4)5/h2,6H,1H2,(H,4,5). The van der Waals surface area contributed by atoms with Gasteiger partial charge in [0.25, 0.3) is 0 Å². The Morgan fingerprint density at radius 1 is 2.00 bits per heavy atom. The Morgan fingerprint density at radius 3 is 2.50 bits per heavy atom. The van der Waals surface area contributed by atoms with E-state index in [9.17, 15) is 4.79 Å². The predicted molar refractivity (Wildman–Crippen MR) is 26.5 cm³/mol. The van der Waals surface area contributed by atoms with Crippen molar-refractivity contribution in [2.45, 2.75) is 0 Å². The van der Waals surface area contributed by atoms with Gasteiger partial charge in [-0.05, 0) is 0 Å². The Bertz CT molecular complexity index is 69.2. The SMILES string of the molecule is C=CPC(=O)O. The van der Waals surface area contributed by atoms with Crippen LogP contribution in [-0.4, -0.2) is 10.8 Å². The minimum atomic E-state index is -0.801. The average Bonchev–Trinajstić information content (AvgIpc) is 1.35. The van der Waals surface area contributed by atoms with Gasteiger partial charge >= 0.3 is 5.71 Å². The monoisotopic (exact) mass is 104 g/mol. The maximum absolute atomic E-state index is 9.54. The molecule has 0 spiro atoms. The summed E-state index contributed by atoms with van der Waals surface area (Å²) in [6, 6.07) is 0. The van der Waals surface area contributed by atoms with E-state index in [1.54, 1.807) is 0 Å². The Balaban J connectivity index is 3.05. The van der Waals surface area contributed by atoms with Crippen molar-refractivity contribution < 1.29 is 9.90 Å². The van der Waals surface area contributed by atoms with E-state index in [0.29, 0.717) is 0 Å². The molecule has 0 aromatic heterocycles. The molecule has 0 aromatic carbocycles. The van der Waals surface area contributed by atoms with Crippen molar-refractivity contribution in [2.24, 2.45) is 0 Å². The second kappa shape index (κ2) is 2.86. The van der Waals surface area contributed by atoms with Crippen LogP contribution in [0.4, 0.5) is 4.79 Å². The summed E-state index contributed by atoms with van der Waals surface area (Å²) >= 11 is 0. The minimum Gasteiger partial charge on any atom is -0.478 e. The molecular formula is C3H5O2P. The number of hydrogen-bond donors (Lipinski definition) is 1. The highest BCUT2D eigenvalue weighted by Gasteiger charge is 1.83. The first kappa shape index (κ1) is 5.64. The van der Waals surface area contributed by atoms with Crippen LogP contribution >= 0.6 is 8.58 Å². The summed E-state index contributed by atoms with van der Waals surface area (Å²) in [4.78, 5) is 9.54. The third-order valence-electron chi connectivity index (χ3n) is 0.226. The molecule has 0 heterocycles. The van der Waals surface area contributed by atoms with Gasteiger partial charge < -0.3 is 5.11 Å². The van der Waals surface area contributed by atoms with Gasteiger partial charge in [-0.1, -0.05) is 12.4 Å². The van der Waals surface area contributed by atoms with Crippen molar-refractivity contribution in [3.05, 3.63) is 12.4 Å². The van der Waals surface area contributed by atoms with Gasteiger partial charge in [0, 0.05) is 8.58 Å². The first-order chi connectivity index (χ1) is 2.77. The van der Waals surface area contributed by atoms with Crippen LogP contribution in [0.2, 0.25) is 0 Å². The van der Waals surface area contributed by atoms with Gasteiger partial charge in [-0.15, -0.1) is 0 Å². The van der Waals surface area contributed by atoms with E-state index in [-0.39, 0.29) is 8.58 Å². The average molecular weight is 104 g/mol. The lowest BCUT2D eigenvalue weighted by atomic mass is 11.3. The topological polar surface area (TPSA) is 37.3 Å². The number of hydrogen-bond acceptors (Lipinski definition) is 1. The molecule has 1 N–H and O–H groups in total. The fraction of sp³-hybridized carbons (Fsp3) is 0. The van der Waals surface area contributed by atoms with Crippen molar-refractivity contribution in [3.8, 4) is 0 Å². The zero-order valence-electron chi connectivity index (χ0n) is 3.14. The number of carboxylic acid groups (broad SMARTS) is 1. The molecule has 6 heavy (non-hydrogen) atoms. The lowest BCUT2D eigenvalue weighted by molar-refractivity contribution is 0.221. The number of carbonyl (C=O) groups is 1. The molecule has 1 unspecified atom stereocenters. The first-order valence-corrected chi connectivity index (χ1v) is 2.45. The zero-order chi connectivity index (χ0) is 4.99. The summed E-state index contributed by atoms with van der Waals surface area (Å²) < 4.78 is 0. The fourth-order valence-electron chi connectivity index (χ4n) is 0.0873. The molecule has 0 bridgehead atoms. The van der Waals surface area contributed by atoms with Crippen LogP contribution in [0.1, 0.15) is 0 Å². The van der Waals surface area contributed by atoms with Gasteiger partial charge in [0.2, 0.25) is 0 Å². The Morgan fingerprint density at radius 2 is 2.50 bits per heavy atom. The van der Waals surface area contributed by atoms with Crippen molar-refractivity contribution in [3.63, 3.8) is 0 Å². The molecule has 0 saturated carbocycles. The predicted octanol–water partition coefficient (Wildman–Crippen LogP) is 1.49. The van der Waals surface area contributed by atoms with Gasteiger partial charge in [0.05, 0.1) is 0 Å². The van der Waals surface area contributed by atoms with Crippen molar-refractivity contribution in [1.82, 2.24) is 0 Å². The van der Waals surface area contributed by atoms with Gasteiger partial charge in [0.1, 0.15) is 0 Å². The molecule has 0 fully saturated rings. The van der Waals surface area contributed by atoms with Gasteiger partial charge in [-0.2, -0.15) is 0 Å². The van der Waals surface area contributed by atoms with E-state index in [1.807, 2.05) is 0 Å². The quantitative estimate of drug-likeness (QED) is 0.539. The Hall–Kier alpha value is -0.360. The molecule has 0 amide bonds. The summed E-state index contributed by atoms with van der Waals surface area (Å²) in [5.41, 5.74) is -0.801. The summed E-state index contributed by atoms with van der Waals surface area (Å²) in [7, 11) is -0.148. The maximum atomic E-state index is 9.54. The second-order valence-corrected chi connectivity index (χ2v) is 1.78. The van der Waals surface area contributed by atoms with Crippen LogP contribution in [0.15, 0.2) is 12.4 Å². The highest BCUT2D eigenvalue weighted by Crippen LogP contribution is 2.08. The normalized spacial score (nSPS) is 9.33. The fourth-order valence-corrected chi connectivity index (χ4v) is 0.262. The molecule has 0 aliphatic heterocycles. The van der Waals surface area contributed by atoms with E-state index in [2.05, 4.69) is 6.58 Å². The van der Waals surface area contributed by atoms with Crippen molar-refractivity contribution in [2.75, 3.05) is 0 Å². The molecule has 34 valence electrons. The van der Waals surface area contributed by atoms with Gasteiger partial charge in [-0.3, -0.25) is 0 Å². The molecule has 0 saturated heterocycles. The molecule has 3 heteroatoms. The largest absolute Gasteiger partial charge is 0.478 e. The smallest absolute Gasteiger partial charge is 0.324 e. The van der Waals surface area contributed by atoms with Crippen molar-refractivity contribution >= 4 is 14.3 Å². The van der Waals surface area contributed by atoms with Crippen LogP contribution in [0.25, 0.3) is 0 Å². The van der Waals surface area contributed by atoms with Gasteiger partial charge in [-0.25, -0.2) is 4.79 Å². The van der Waals surface area contributed by atoms with E-state index in [4.69, 9.17) is 5.11 Å².